The van der Waals surface area contributed by atoms with E-state index in [1.807, 2.05) is 12.1 Å². The summed E-state index contributed by atoms with van der Waals surface area (Å²) in [7, 11) is 5.56. The molecule has 1 aromatic heterocycles. The van der Waals surface area contributed by atoms with Gasteiger partial charge in [0.1, 0.15) is 0 Å². The van der Waals surface area contributed by atoms with Crippen molar-refractivity contribution >= 4 is 36.4 Å². The molecule has 7 heteroatoms. The van der Waals surface area contributed by atoms with Gasteiger partial charge in [-0.3, -0.25) is 5.09 Å². The van der Waals surface area contributed by atoms with Crippen molar-refractivity contribution in [1.82, 2.24) is 15.1 Å². The maximum atomic E-state index is 5.17. The fourth-order valence-corrected chi connectivity index (χ4v) is 2.38. The van der Waals surface area contributed by atoms with E-state index in [0.717, 1.165) is 21.1 Å². The molecule has 1 unspecified atom stereocenters. The summed E-state index contributed by atoms with van der Waals surface area (Å²) in [5.41, 5.74) is 2.59. The summed E-state index contributed by atoms with van der Waals surface area (Å²) >= 11 is 3.46. The van der Waals surface area contributed by atoms with Crippen LogP contribution in [0.1, 0.15) is 5.56 Å². The lowest BCUT2D eigenvalue weighted by Crippen LogP contribution is -2.03. The Kier molecular flexibility index (Phi) is 4.32. The number of rotatable bonds is 4. The zero-order chi connectivity index (χ0) is 13.1. The fourth-order valence-electron chi connectivity index (χ4n) is 1.67. The van der Waals surface area contributed by atoms with Crippen LogP contribution in [0.15, 0.2) is 16.6 Å². The third kappa shape index (κ3) is 2.55. The first kappa shape index (κ1) is 13.5. The first-order valence-electron chi connectivity index (χ1n) is 5.21. The molecule has 0 saturated heterocycles. The lowest BCUT2D eigenvalue weighted by atomic mass is 10.2. The van der Waals surface area contributed by atoms with Gasteiger partial charge in [-0.25, -0.2) is 9.97 Å². The molecule has 0 aliphatic heterocycles. The Morgan fingerprint density at radius 2 is 1.89 bits per heavy atom. The molecule has 2 rings (SSSR count). The van der Waals surface area contributed by atoms with Crippen LogP contribution >= 0.6 is 25.3 Å². The van der Waals surface area contributed by atoms with Crippen LogP contribution in [0.3, 0.4) is 0 Å². The molecule has 18 heavy (non-hydrogen) atoms. The Morgan fingerprint density at radius 3 is 2.50 bits per heavy atom. The second kappa shape index (κ2) is 5.78. The van der Waals surface area contributed by atoms with Crippen molar-refractivity contribution in [2.45, 2.75) is 6.54 Å². The lowest BCUT2D eigenvalue weighted by molar-refractivity contribution is 0.334. The maximum absolute atomic E-state index is 5.17. The molecule has 96 valence electrons. The summed E-state index contributed by atoms with van der Waals surface area (Å²) in [5.74, 6) is 0.769. The Labute approximate surface area is 116 Å². The molecule has 5 nitrogen and oxygen atoms in total. The van der Waals surface area contributed by atoms with Crippen LogP contribution in [0.2, 0.25) is 0 Å². The quantitative estimate of drug-likeness (QED) is 0.872. The maximum Gasteiger partial charge on any atom is 0.278 e. The van der Waals surface area contributed by atoms with Crippen LogP contribution in [0.25, 0.3) is 11.0 Å². The topological polar surface area (TPSA) is 56.3 Å². The van der Waals surface area contributed by atoms with Crippen molar-refractivity contribution < 1.29 is 9.47 Å². The molecule has 0 bridgehead atoms. The van der Waals surface area contributed by atoms with E-state index in [2.05, 4.69) is 40.4 Å². The van der Waals surface area contributed by atoms with Gasteiger partial charge in [-0.15, -0.1) is 0 Å². The highest BCUT2D eigenvalue weighted by Crippen LogP contribution is 2.29. The van der Waals surface area contributed by atoms with E-state index in [9.17, 15) is 0 Å². The van der Waals surface area contributed by atoms with Gasteiger partial charge >= 0.3 is 0 Å². The van der Waals surface area contributed by atoms with Gasteiger partial charge in [-0.1, -0.05) is 25.3 Å². The average molecular weight is 330 g/mol. The predicted molar refractivity (Wildman–Crippen MR) is 76.9 cm³/mol. The van der Waals surface area contributed by atoms with Crippen molar-refractivity contribution in [2.24, 2.45) is 0 Å². The Hall–Kier alpha value is -0.970. The van der Waals surface area contributed by atoms with Gasteiger partial charge in [-0.2, -0.15) is 0 Å². The molecule has 0 fully saturated rings. The number of ether oxygens (including phenoxy) is 2. The minimum atomic E-state index is 0.382. The number of nitrogens with zero attached hydrogens (tertiary/aromatic N) is 2. The molecule has 0 aliphatic carbocycles. The average Bonchev–Trinajstić information content (AvgIpc) is 2.37. The van der Waals surface area contributed by atoms with Crippen molar-refractivity contribution in [3.05, 3.63) is 22.2 Å². The summed E-state index contributed by atoms with van der Waals surface area (Å²) in [4.78, 5) is 8.84. The van der Waals surface area contributed by atoms with Crippen LogP contribution in [-0.4, -0.2) is 24.2 Å². The molecule has 1 aromatic carbocycles. The second-order valence-corrected chi connectivity index (χ2v) is 4.88. The molecule has 2 aromatic rings. The van der Waals surface area contributed by atoms with Crippen LogP contribution in [-0.2, 0) is 6.54 Å². The molecule has 0 radical (unpaired) electrons. The van der Waals surface area contributed by atoms with Gasteiger partial charge in [0.05, 0.1) is 25.3 Å². The molecule has 0 aliphatic rings. The molecule has 0 spiro atoms. The molecule has 1 atom stereocenters. The van der Waals surface area contributed by atoms with E-state index in [0.29, 0.717) is 18.3 Å². The summed E-state index contributed by atoms with van der Waals surface area (Å²) in [5, 5.41) is 3.03. The van der Waals surface area contributed by atoms with E-state index in [-0.39, 0.29) is 0 Å². The Balaban J connectivity index is 2.70. The minimum absolute atomic E-state index is 0.382. The number of hydrogen-bond acceptors (Lipinski definition) is 5. The summed E-state index contributed by atoms with van der Waals surface area (Å²) in [6.07, 6.45) is 0. The number of methoxy groups -OCH3 is 2. The van der Waals surface area contributed by atoms with Gasteiger partial charge in [0.2, 0.25) is 0 Å². The van der Waals surface area contributed by atoms with Crippen LogP contribution in [0.4, 0.5) is 0 Å². The van der Waals surface area contributed by atoms with Gasteiger partial charge in [0.15, 0.2) is 0 Å². The summed E-state index contributed by atoms with van der Waals surface area (Å²) in [6.45, 7) is 0.671. The van der Waals surface area contributed by atoms with Crippen molar-refractivity contribution in [1.29, 1.82) is 0 Å². The van der Waals surface area contributed by atoms with Crippen LogP contribution in [0, 0.1) is 0 Å². The highest BCUT2D eigenvalue weighted by atomic mass is 79.9. The SMILES string of the molecule is COc1nc2cc(Br)cc(CNP)c2nc1OC. The highest BCUT2D eigenvalue weighted by Gasteiger charge is 2.13. The first-order valence-corrected chi connectivity index (χ1v) is 6.58. The van der Waals surface area contributed by atoms with Gasteiger partial charge < -0.3 is 9.47 Å². The number of nitrogens with one attached hydrogen (secondary N) is 1. The second-order valence-electron chi connectivity index (χ2n) is 3.56. The van der Waals surface area contributed by atoms with Crippen LogP contribution in [0.5, 0.6) is 11.8 Å². The summed E-state index contributed by atoms with van der Waals surface area (Å²) in [6, 6.07) is 3.90. The van der Waals surface area contributed by atoms with E-state index in [4.69, 9.17) is 9.47 Å². The van der Waals surface area contributed by atoms with Gasteiger partial charge in [-0.05, 0) is 17.7 Å². The van der Waals surface area contributed by atoms with E-state index < -0.39 is 0 Å². The minimum Gasteiger partial charge on any atom is -0.477 e. The fraction of sp³-hybridized carbons (Fsp3) is 0.273. The normalized spacial score (nSPS) is 10.7. The largest absolute Gasteiger partial charge is 0.477 e. The van der Waals surface area contributed by atoms with Gasteiger partial charge in [0, 0.05) is 11.0 Å². The summed E-state index contributed by atoms with van der Waals surface area (Å²) < 4.78 is 11.3. The smallest absolute Gasteiger partial charge is 0.278 e. The number of fused-ring (bicyclic) bond motifs is 1. The highest BCUT2D eigenvalue weighted by molar-refractivity contribution is 9.10. The zero-order valence-electron chi connectivity index (χ0n) is 10.0. The Morgan fingerprint density at radius 1 is 1.22 bits per heavy atom. The predicted octanol–water partition coefficient (Wildman–Crippen LogP) is 2.29. The zero-order valence-corrected chi connectivity index (χ0v) is 12.8. The number of aromatic nitrogens is 2. The molecular weight excluding hydrogens is 317 g/mol. The third-order valence-electron chi connectivity index (χ3n) is 2.43. The standard InChI is InChI=1S/C11H13BrN3O2P/c1-16-10-11(17-2)15-9-6(5-13-18)3-7(12)4-8(9)14-10/h3-4,13H,5,18H2,1-2H3. The van der Waals surface area contributed by atoms with Gasteiger partial charge in [0.25, 0.3) is 11.8 Å². The molecule has 1 heterocycles. The monoisotopic (exact) mass is 329 g/mol. The van der Waals surface area contributed by atoms with Crippen molar-refractivity contribution in [3.63, 3.8) is 0 Å². The van der Waals surface area contributed by atoms with E-state index >= 15 is 0 Å². The van der Waals surface area contributed by atoms with E-state index in [1.165, 1.54) is 0 Å². The number of halogens is 1. The molecule has 1 N–H and O–H groups in total. The lowest BCUT2D eigenvalue weighted by Gasteiger charge is -2.10. The van der Waals surface area contributed by atoms with Crippen molar-refractivity contribution in [3.8, 4) is 11.8 Å². The van der Waals surface area contributed by atoms with Crippen molar-refractivity contribution in [2.75, 3.05) is 14.2 Å². The van der Waals surface area contributed by atoms with Crippen LogP contribution < -0.4 is 14.6 Å². The Bertz CT molecular complexity index is 580. The molecule has 0 saturated carbocycles. The number of benzene rings is 1. The molecule has 0 amide bonds. The first-order chi connectivity index (χ1) is 8.69. The van der Waals surface area contributed by atoms with E-state index in [1.54, 1.807) is 14.2 Å². The number of hydrogen-bond donors (Lipinski definition) is 1. The molecular formula is C11H13BrN3O2P. The third-order valence-corrected chi connectivity index (χ3v) is 3.09.